The van der Waals surface area contributed by atoms with Crippen molar-refractivity contribution in [1.82, 2.24) is 0 Å². The van der Waals surface area contributed by atoms with Gasteiger partial charge >= 0.3 is 0 Å². The number of hydrogen-bond donors (Lipinski definition) is 0. The standard InChI is InChI=1S/C16H16O/c1-2-6-12-13(7-3-1)15-10-17-9-11-5-4-8-14(12)16(11)15/h2,4-6,8,15H,1,3,7,9-10H2. The average Bonchev–Trinajstić information content (AvgIpc) is 2.55. The molecular formula is C16H16O. The van der Waals surface area contributed by atoms with Crippen LogP contribution < -0.4 is 0 Å². The van der Waals surface area contributed by atoms with Gasteiger partial charge in [0.05, 0.1) is 13.2 Å². The van der Waals surface area contributed by atoms with Gasteiger partial charge in [-0.05, 0) is 41.5 Å². The summed E-state index contributed by atoms with van der Waals surface area (Å²) in [6.07, 6.45) is 8.42. The molecule has 1 aromatic rings. The molecule has 0 aromatic heterocycles. The van der Waals surface area contributed by atoms with Crippen LogP contribution in [0.3, 0.4) is 0 Å². The third-order valence-electron chi connectivity index (χ3n) is 4.25. The fourth-order valence-electron chi connectivity index (χ4n) is 3.51. The van der Waals surface area contributed by atoms with E-state index in [-0.39, 0.29) is 0 Å². The van der Waals surface area contributed by atoms with Crippen molar-refractivity contribution in [2.75, 3.05) is 6.61 Å². The minimum absolute atomic E-state index is 0.549. The first-order valence-corrected chi connectivity index (χ1v) is 6.54. The molecule has 1 nitrogen and oxygen atoms in total. The van der Waals surface area contributed by atoms with Crippen LogP contribution >= 0.6 is 0 Å². The smallest absolute Gasteiger partial charge is 0.0720 e. The summed E-state index contributed by atoms with van der Waals surface area (Å²) in [7, 11) is 0. The predicted octanol–water partition coefficient (Wildman–Crippen LogP) is 3.81. The molecule has 86 valence electrons. The van der Waals surface area contributed by atoms with Gasteiger partial charge in [-0.15, -0.1) is 0 Å². The van der Waals surface area contributed by atoms with Gasteiger partial charge in [-0.2, -0.15) is 0 Å². The normalized spacial score (nSPS) is 25.5. The van der Waals surface area contributed by atoms with E-state index in [2.05, 4.69) is 30.4 Å². The Morgan fingerprint density at radius 2 is 2.24 bits per heavy atom. The van der Waals surface area contributed by atoms with Crippen molar-refractivity contribution in [3.8, 4) is 0 Å². The number of ether oxygens (including phenoxy) is 1. The molecule has 1 aromatic carbocycles. The molecule has 0 radical (unpaired) electrons. The second kappa shape index (κ2) is 3.58. The lowest BCUT2D eigenvalue weighted by atomic mass is 9.89. The summed E-state index contributed by atoms with van der Waals surface area (Å²) >= 11 is 0. The van der Waals surface area contributed by atoms with Crippen molar-refractivity contribution in [3.63, 3.8) is 0 Å². The van der Waals surface area contributed by atoms with Crippen LogP contribution in [0.25, 0.3) is 5.57 Å². The van der Waals surface area contributed by atoms with E-state index < -0.39 is 0 Å². The van der Waals surface area contributed by atoms with Crippen molar-refractivity contribution < 1.29 is 4.74 Å². The third kappa shape index (κ3) is 1.29. The van der Waals surface area contributed by atoms with E-state index in [9.17, 15) is 0 Å². The third-order valence-corrected chi connectivity index (χ3v) is 4.25. The molecule has 0 saturated heterocycles. The molecule has 0 N–H and O–H groups in total. The first kappa shape index (κ1) is 9.67. The molecule has 2 aliphatic carbocycles. The van der Waals surface area contributed by atoms with Gasteiger partial charge in [0.1, 0.15) is 0 Å². The number of allylic oxidation sites excluding steroid dienone is 3. The highest BCUT2D eigenvalue weighted by Gasteiger charge is 2.34. The molecular weight excluding hydrogens is 208 g/mol. The second-order valence-electron chi connectivity index (χ2n) is 5.18. The monoisotopic (exact) mass is 224 g/mol. The quantitative estimate of drug-likeness (QED) is 0.651. The van der Waals surface area contributed by atoms with Crippen LogP contribution in [0.5, 0.6) is 0 Å². The minimum Gasteiger partial charge on any atom is -0.376 e. The fourth-order valence-corrected chi connectivity index (χ4v) is 3.51. The van der Waals surface area contributed by atoms with Crippen molar-refractivity contribution in [1.29, 1.82) is 0 Å². The van der Waals surface area contributed by atoms with E-state index in [1.807, 2.05) is 0 Å². The highest BCUT2D eigenvalue weighted by molar-refractivity contribution is 5.85. The van der Waals surface area contributed by atoms with E-state index >= 15 is 0 Å². The van der Waals surface area contributed by atoms with Crippen molar-refractivity contribution in [2.45, 2.75) is 31.8 Å². The van der Waals surface area contributed by atoms with Gasteiger partial charge < -0.3 is 4.74 Å². The van der Waals surface area contributed by atoms with Gasteiger partial charge in [0, 0.05) is 5.92 Å². The van der Waals surface area contributed by atoms with Gasteiger partial charge in [-0.25, -0.2) is 0 Å². The van der Waals surface area contributed by atoms with Crippen LogP contribution in [-0.2, 0) is 11.3 Å². The van der Waals surface area contributed by atoms with E-state index in [1.54, 1.807) is 11.1 Å². The van der Waals surface area contributed by atoms with Crippen LogP contribution in [0.15, 0.2) is 35.9 Å². The Bertz CT molecular complexity index is 536. The Morgan fingerprint density at radius 1 is 1.24 bits per heavy atom. The van der Waals surface area contributed by atoms with Crippen LogP contribution in [-0.4, -0.2) is 6.61 Å². The van der Waals surface area contributed by atoms with Crippen molar-refractivity contribution in [2.24, 2.45) is 0 Å². The molecule has 0 bridgehead atoms. The number of benzene rings is 1. The Kier molecular flexibility index (Phi) is 2.03. The number of fused-ring (bicyclic) bond motifs is 2. The van der Waals surface area contributed by atoms with Gasteiger partial charge in [0.25, 0.3) is 0 Å². The molecule has 1 unspecified atom stereocenters. The van der Waals surface area contributed by atoms with E-state index in [0.29, 0.717) is 5.92 Å². The SMILES string of the molecule is C1=CC2=C(CCC1)C1COCc3cccc2c31. The summed E-state index contributed by atoms with van der Waals surface area (Å²) in [5.74, 6) is 0.549. The largest absolute Gasteiger partial charge is 0.376 e. The molecule has 0 saturated carbocycles. The summed E-state index contributed by atoms with van der Waals surface area (Å²) in [5, 5.41) is 0. The topological polar surface area (TPSA) is 9.23 Å². The van der Waals surface area contributed by atoms with Gasteiger partial charge in [0.15, 0.2) is 0 Å². The maximum absolute atomic E-state index is 5.76. The summed E-state index contributed by atoms with van der Waals surface area (Å²) < 4.78 is 5.76. The van der Waals surface area contributed by atoms with Crippen molar-refractivity contribution in [3.05, 3.63) is 52.6 Å². The Morgan fingerprint density at radius 3 is 3.24 bits per heavy atom. The molecule has 3 aliphatic rings. The zero-order valence-electron chi connectivity index (χ0n) is 9.91. The first-order chi connectivity index (χ1) is 8.45. The Labute approximate surface area is 102 Å². The summed E-state index contributed by atoms with van der Waals surface area (Å²) in [5.41, 5.74) is 7.57. The maximum atomic E-state index is 5.76. The zero-order chi connectivity index (χ0) is 11.2. The molecule has 1 heterocycles. The molecule has 1 aliphatic heterocycles. The number of hydrogen-bond acceptors (Lipinski definition) is 1. The lowest BCUT2D eigenvalue weighted by Crippen LogP contribution is -2.16. The van der Waals surface area contributed by atoms with E-state index in [1.165, 1.54) is 36.0 Å². The average molecular weight is 224 g/mol. The highest BCUT2D eigenvalue weighted by atomic mass is 16.5. The summed E-state index contributed by atoms with van der Waals surface area (Å²) in [6.45, 7) is 1.68. The first-order valence-electron chi connectivity index (χ1n) is 6.54. The van der Waals surface area contributed by atoms with E-state index in [4.69, 9.17) is 4.74 Å². The second-order valence-corrected chi connectivity index (χ2v) is 5.18. The van der Waals surface area contributed by atoms with Crippen LogP contribution in [0.1, 0.15) is 41.9 Å². The van der Waals surface area contributed by atoms with Crippen molar-refractivity contribution >= 4 is 5.57 Å². The summed E-state index contributed by atoms with van der Waals surface area (Å²) in [6, 6.07) is 6.69. The minimum atomic E-state index is 0.549. The summed E-state index contributed by atoms with van der Waals surface area (Å²) in [4.78, 5) is 0. The lowest BCUT2D eigenvalue weighted by Gasteiger charge is -2.24. The molecule has 0 spiro atoms. The molecule has 0 amide bonds. The van der Waals surface area contributed by atoms with E-state index in [0.717, 1.165) is 13.2 Å². The number of rotatable bonds is 0. The Hall–Kier alpha value is -1.34. The van der Waals surface area contributed by atoms with Gasteiger partial charge in [-0.1, -0.05) is 35.9 Å². The molecule has 1 heteroatoms. The zero-order valence-corrected chi connectivity index (χ0v) is 9.91. The highest BCUT2D eigenvalue weighted by Crippen LogP contribution is 2.48. The van der Waals surface area contributed by atoms with Crippen LogP contribution in [0.2, 0.25) is 0 Å². The van der Waals surface area contributed by atoms with Gasteiger partial charge in [-0.3, -0.25) is 0 Å². The molecule has 0 fully saturated rings. The molecule has 1 atom stereocenters. The van der Waals surface area contributed by atoms with Gasteiger partial charge in [0.2, 0.25) is 0 Å². The lowest BCUT2D eigenvalue weighted by molar-refractivity contribution is 0.0988. The Balaban J connectivity index is 1.97. The van der Waals surface area contributed by atoms with Crippen LogP contribution in [0.4, 0.5) is 0 Å². The maximum Gasteiger partial charge on any atom is 0.0720 e. The fraction of sp³-hybridized carbons (Fsp3) is 0.375. The predicted molar refractivity (Wildman–Crippen MR) is 68.8 cm³/mol. The molecule has 4 rings (SSSR count). The molecule has 17 heavy (non-hydrogen) atoms. The van der Waals surface area contributed by atoms with Crippen LogP contribution in [0, 0.1) is 0 Å².